The monoisotopic (exact) mass is 332 g/mol. The summed E-state index contributed by atoms with van der Waals surface area (Å²) < 4.78 is 4.73. The topological polar surface area (TPSA) is 26.3 Å². The number of para-hydroxylation sites is 1. The maximum atomic E-state index is 10.5. The van der Waals surface area contributed by atoms with Gasteiger partial charge in [0.25, 0.3) is 0 Å². The normalized spacial score (nSPS) is 8.90. The number of carbonyl (C=O) groups is 1. The molecule has 0 unspecified atom stereocenters. The molecule has 0 atom stereocenters. The molecule has 0 bridgehead atoms. The average molecular weight is 332 g/mol. The molecule has 0 radical (unpaired) electrons. The summed E-state index contributed by atoms with van der Waals surface area (Å²) >= 11 is 0.255. The first-order chi connectivity index (χ1) is 4.79. The van der Waals surface area contributed by atoms with Crippen molar-refractivity contribution >= 4 is 28.4 Å². The van der Waals surface area contributed by atoms with Gasteiger partial charge in [-0.15, -0.1) is 0 Å². The fourth-order valence-corrected chi connectivity index (χ4v) is 1.13. The zero-order valence-electron chi connectivity index (χ0n) is 5.28. The Morgan fingerprint density at radius 2 is 1.90 bits per heavy atom. The molecule has 10 heavy (non-hydrogen) atoms. The summed E-state index contributed by atoms with van der Waals surface area (Å²) in [4.78, 5) is 10.5. The van der Waals surface area contributed by atoms with Gasteiger partial charge in [-0.3, -0.25) is 0 Å². The van der Waals surface area contributed by atoms with E-state index in [0.717, 1.165) is 0 Å². The zero-order valence-corrected chi connectivity index (χ0v) is 9.77. The molecule has 0 aromatic heterocycles. The van der Waals surface area contributed by atoms with Crippen LogP contribution >= 0.6 is 0 Å². The Kier molecular flexibility index (Phi) is 2.82. The van der Waals surface area contributed by atoms with Gasteiger partial charge in [-0.25, -0.2) is 0 Å². The molecule has 0 N–H and O–H groups in total. The Morgan fingerprint density at radius 1 is 1.30 bits per heavy atom. The van der Waals surface area contributed by atoms with Gasteiger partial charge in [-0.1, -0.05) is 0 Å². The predicted molar refractivity (Wildman–Crippen MR) is 41.0 cm³/mol. The van der Waals surface area contributed by atoms with E-state index in [1.165, 1.54) is 0 Å². The molecule has 52 valence electrons. The van der Waals surface area contributed by atoms with Crippen molar-refractivity contribution in [2.24, 2.45) is 0 Å². The van der Waals surface area contributed by atoms with E-state index in [0.29, 0.717) is 5.75 Å². The van der Waals surface area contributed by atoms with Crippen LogP contribution in [0.4, 0.5) is 4.79 Å². The molecule has 0 aliphatic carbocycles. The molecule has 0 aliphatic rings. The van der Waals surface area contributed by atoms with Crippen LogP contribution in [-0.2, 0) is 0 Å². The van der Waals surface area contributed by atoms with Crippen LogP contribution in [0.1, 0.15) is 0 Å². The molecule has 0 aliphatic heterocycles. The Balaban J connectivity index is 2.67. The molecule has 1 aromatic carbocycles. The van der Waals surface area contributed by atoms with Crippen LogP contribution in [-0.4, -0.2) is 28.4 Å². The molecule has 0 spiro atoms. The Labute approximate surface area is 74.0 Å². The third-order valence-electron chi connectivity index (χ3n) is 0.962. The Bertz CT molecular complexity index is 220. The van der Waals surface area contributed by atoms with Crippen molar-refractivity contribution in [1.82, 2.24) is 0 Å². The first-order valence-corrected chi connectivity index (χ1v) is 5.06. The first-order valence-electron chi connectivity index (χ1n) is 2.81. The van der Waals surface area contributed by atoms with Gasteiger partial charge in [-0.2, -0.15) is 0 Å². The molecule has 3 heteroatoms. The van der Waals surface area contributed by atoms with Crippen LogP contribution < -0.4 is 4.74 Å². The van der Waals surface area contributed by atoms with Crippen molar-refractivity contribution < 1.29 is 9.53 Å². The molecule has 0 fully saturated rings. The second kappa shape index (κ2) is 3.67. The summed E-state index contributed by atoms with van der Waals surface area (Å²) in [7, 11) is 0. The van der Waals surface area contributed by atoms with Gasteiger partial charge in [0, 0.05) is 0 Å². The molecule has 1 aromatic rings. The molecule has 0 amide bonds. The van der Waals surface area contributed by atoms with Gasteiger partial charge in [0.15, 0.2) is 0 Å². The molecule has 0 saturated carbocycles. The summed E-state index contributed by atoms with van der Waals surface area (Å²) in [6, 6.07) is 9.08. The number of hydrogen-bond donors (Lipinski definition) is 0. The van der Waals surface area contributed by atoms with Crippen LogP contribution in [0, 0.1) is 0 Å². The second-order valence-corrected chi connectivity index (χ2v) is 3.57. The van der Waals surface area contributed by atoms with Crippen molar-refractivity contribution in [3.63, 3.8) is 0 Å². The SMILES string of the molecule is O=[C]([BiH2])Oc1ccccc1. The van der Waals surface area contributed by atoms with E-state index >= 15 is 0 Å². The quantitative estimate of drug-likeness (QED) is 0.712. The number of carbonyl (C=O) groups excluding carboxylic acids is 1. The van der Waals surface area contributed by atoms with Gasteiger partial charge >= 0.3 is 74.0 Å². The van der Waals surface area contributed by atoms with E-state index in [2.05, 4.69) is 0 Å². The summed E-state index contributed by atoms with van der Waals surface area (Å²) in [6.45, 7) is 0. The molecular formula is C7H7BiO2. The van der Waals surface area contributed by atoms with E-state index in [-0.39, 0.29) is 28.4 Å². The molecular weight excluding hydrogens is 325 g/mol. The summed E-state index contributed by atoms with van der Waals surface area (Å²) in [5, 5.41) is 0. The van der Waals surface area contributed by atoms with E-state index in [1.54, 1.807) is 12.1 Å². The van der Waals surface area contributed by atoms with Crippen LogP contribution in [0.15, 0.2) is 30.3 Å². The van der Waals surface area contributed by atoms with Crippen molar-refractivity contribution in [2.75, 3.05) is 0 Å². The number of ether oxygens (including phenoxy) is 1. The summed E-state index contributed by atoms with van der Waals surface area (Å²) in [6.07, 6.45) is 0. The van der Waals surface area contributed by atoms with E-state index in [4.69, 9.17) is 4.74 Å². The third-order valence-corrected chi connectivity index (χ3v) is 1.42. The fourth-order valence-electron chi connectivity index (χ4n) is 0.605. The van der Waals surface area contributed by atoms with Crippen molar-refractivity contribution in [2.45, 2.75) is 0 Å². The predicted octanol–water partition coefficient (Wildman–Crippen LogP) is 0.819. The summed E-state index contributed by atoms with van der Waals surface area (Å²) in [5.74, 6) is 0.634. The van der Waals surface area contributed by atoms with E-state index < -0.39 is 0 Å². The number of benzene rings is 1. The van der Waals surface area contributed by atoms with E-state index in [1.807, 2.05) is 18.2 Å². The van der Waals surface area contributed by atoms with Gasteiger partial charge < -0.3 is 0 Å². The minimum absolute atomic E-state index is 0.119. The molecule has 0 heterocycles. The minimum atomic E-state index is -0.119. The number of hydrogen-bond acceptors (Lipinski definition) is 2. The standard InChI is InChI=1S/C7H5O2.Bi.2H/c8-6-9-7-4-2-1-3-5-7;;;/h1-5H;;;. The van der Waals surface area contributed by atoms with Crippen LogP contribution in [0.2, 0.25) is 0 Å². The van der Waals surface area contributed by atoms with Gasteiger partial charge in [0.1, 0.15) is 0 Å². The van der Waals surface area contributed by atoms with Crippen molar-refractivity contribution in [1.29, 1.82) is 0 Å². The molecule has 1 rings (SSSR count). The zero-order chi connectivity index (χ0) is 7.40. The van der Waals surface area contributed by atoms with Crippen LogP contribution in [0.5, 0.6) is 5.75 Å². The first kappa shape index (κ1) is 7.68. The van der Waals surface area contributed by atoms with Crippen LogP contribution in [0.25, 0.3) is 0 Å². The van der Waals surface area contributed by atoms with Crippen molar-refractivity contribution in [3.8, 4) is 5.75 Å². The van der Waals surface area contributed by atoms with Crippen LogP contribution in [0.3, 0.4) is 0 Å². The van der Waals surface area contributed by atoms with Gasteiger partial charge in [0.2, 0.25) is 0 Å². The molecule has 2 nitrogen and oxygen atoms in total. The second-order valence-electron chi connectivity index (χ2n) is 1.73. The Morgan fingerprint density at radius 3 is 2.40 bits per heavy atom. The number of rotatable bonds is 1. The summed E-state index contributed by atoms with van der Waals surface area (Å²) in [5.41, 5.74) is 0. The molecule has 0 saturated heterocycles. The maximum absolute atomic E-state index is 10.5. The van der Waals surface area contributed by atoms with Gasteiger partial charge in [0.05, 0.1) is 0 Å². The van der Waals surface area contributed by atoms with Crippen molar-refractivity contribution in [3.05, 3.63) is 30.3 Å². The Hall–Kier alpha value is -0.427. The fraction of sp³-hybridized carbons (Fsp3) is 0. The van der Waals surface area contributed by atoms with E-state index in [9.17, 15) is 4.79 Å². The van der Waals surface area contributed by atoms with Gasteiger partial charge in [-0.05, 0) is 0 Å². The third kappa shape index (κ3) is 2.44. The average Bonchev–Trinajstić information content (AvgIpc) is 1.88.